The van der Waals surface area contributed by atoms with Crippen molar-refractivity contribution in [2.45, 2.75) is 23.9 Å². The second kappa shape index (κ2) is 10.3. The second-order valence-electron chi connectivity index (χ2n) is 6.63. The van der Waals surface area contributed by atoms with Crippen LogP contribution >= 0.6 is 23.4 Å². The van der Waals surface area contributed by atoms with E-state index in [1.54, 1.807) is 74.2 Å². The molecule has 2 N–H and O–H groups in total. The molecule has 0 aliphatic rings. The van der Waals surface area contributed by atoms with Gasteiger partial charge in [-0.05, 0) is 55.5 Å². The summed E-state index contributed by atoms with van der Waals surface area (Å²) in [5.74, 6) is 0.902. The van der Waals surface area contributed by atoms with Gasteiger partial charge in [0.05, 0.1) is 18.9 Å². The maximum Gasteiger partial charge on any atom is 0.251 e. The summed E-state index contributed by atoms with van der Waals surface area (Å²) in [7, 11) is 3.38. The first-order valence-electron chi connectivity index (χ1n) is 9.41. The first kappa shape index (κ1) is 22.6. The molecule has 0 fully saturated rings. The number of carbonyl (C=O) groups is 2. The van der Waals surface area contributed by atoms with Crippen LogP contribution in [0.25, 0.3) is 0 Å². The molecule has 0 bridgehead atoms. The van der Waals surface area contributed by atoms with Gasteiger partial charge in [0.2, 0.25) is 5.91 Å². The van der Waals surface area contributed by atoms with Gasteiger partial charge in [-0.3, -0.25) is 9.59 Å². The number of carbonyl (C=O) groups excluding carboxylic acids is 2. The van der Waals surface area contributed by atoms with Gasteiger partial charge in [0, 0.05) is 23.3 Å². The Morgan fingerprint density at radius 1 is 1.13 bits per heavy atom. The smallest absolute Gasteiger partial charge is 0.251 e. The maximum absolute atomic E-state index is 12.5. The quantitative estimate of drug-likeness (QED) is 0.500. The molecule has 2 aromatic carbocycles. The molecule has 0 radical (unpaired) electrons. The fourth-order valence-electron chi connectivity index (χ4n) is 2.59. The van der Waals surface area contributed by atoms with Crippen LogP contribution in [0, 0.1) is 0 Å². The van der Waals surface area contributed by atoms with E-state index in [1.165, 1.54) is 11.8 Å². The molecule has 31 heavy (non-hydrogen) atoms. The van der Waals surface area contributed by atoms with Crippen molar-refractivity contribution in [2.24, 2.45) is 7.05 Å². The van der Waals surface area contributed by atoms with Crippen LogP contribution in [-0.2, 0) is 18.4 Å². The lowest BCUT2D eigenvalue weighted by atomic mass is 10.2. The van der Waals surface area contributed by atoms with Gasteiger partial charge in [-0.1, -0.05) is 23.4 Å². The molecule has 3 rings (SSSR count). The van der Waals surface area contributed by atoms with E-state index >= 15 is 0 Å². The molecule has 0 spiro atoms. The van der Waals surface area contributed by atoms with Crippen LogP contribution in [0.15, 0.2) is 53.7 Å². The lowest BCUT2D eigenvalue weighted by Gasteiger charge is -2.12. The minimum absolute atomic E-state index is 0.157. The normalized spacial score (nSPS) is 11.6. The van der Waals surface area contributed by atoms with Crippen LogP contribution in [0.3, 0.4) is 0 Å². The number of hydrogen-bond donors (Lipinski definition) is 2. The lowest BCUT2D eigenvalue weighted by molar-refractivity contribution is -0.115. The number of benzene rings is 2. The van der Waals surface area contributed by atoms with E-state index in [0.29, 0.717) is 27.3 Å². The zero-order valence-electron chi connectivity index (χ0n) is 17.3. The predicted octanol–water partition coefficient (Wildman–Crippen LogP) is 3.53. The van der Waals surface area contributed by atoms with Gasteiger partial charge >= 0.3 is 0 Å². The summed E-state index contributed by atoms with van der Waals surface area (Å²) in [6.45, 7) is 2.00. The van der Waals surface area contributed by atoms with E-state index in [1.807, 2.05) is 0 Å². The highest BCUT2D eigenvalue weighted by Gasteiger charge is 2.19. The molecule has 0 saturated carbocycles. The highest BCUT2D eigenvalue weighted by Crippen LogP contribution is 2.23. The van der Waals surface area contributed by atoms with Crippen molar-refractivity contribution in [1.29, 1.82) is 0 Å². The molecular weight excluding hydrogens is 438 g/mol. The molecule has 1 heterocycles. The summed E-state index contributed by atoms with van der Waals surface area (Å²) < 4.78 is 6.87. The molecular formula is C21H22ClN5O3S. The van der Waals surface area contributed by atoms with Gasteiger partial charge in [0.25, 0.3) is 5.91 Å². The van der Waals surface area contributed by atoms with Crippen molar-refractivity contribution in [3.05, 3.63) is 64.9 Å². The predicted molar refractivity (Wildman–Crippen MR) is 121 cm³/mol. The molecule has 0 saturated heterocycles. The molecule has 2 amide bonds. The van der Waals surface area contributed by atoms with Gasteiger partial charge in [0.1, 0.15) is 5.75 Å². The Labute approximate surface area is 189 Å². The molecule has 0 unspecified atom stereocenters. The second-order valence-corrected chi connectivity index (χ2v) is 8.37. The number of aromatic nitrogens is 3. The fraction of sp³-hybridized carbons (Fsp3) is 0.238. The molecule has 1 aromatic heterocycles. The summed E-state index contributed by atoms with van der Waals surface area (Å²) in [5.41, 5.74) is 1.19. The zero-order chi connectivity index (χ0) is 22.4. The summed E-state index contributed by atoms with van der Waals surface area (Å²) in [6.07, 6.45) is 0. The Morgan fingerprint density at radius 2 is 1.81 bits per heavy atom. The topological polar surface area (TPSA) is 98.1 Å². The number of ether oxygens (including phenoxy) is 1. The molecule has 8 nitrogen and oxygen atoms in total. The lowest BCUT2D eigenvalue weighted by Crippen LogP contribution is -2.24. The third kappa shape index (κ3) is 5.99. The summed E-state index contributed by atoms with van der Waals surface area (Å²) in [6, 6.07) is 13.7. The molecule has 10 heteroatoms. The standard InChI is InChI=1S/C21H22ClN5O3S/c1-13(19(28)24-16-8-10-17(30-3)11-9-16)31-21-26-25-18(27(21)2)12-23-20(29)14-4-6-15(22)7-5-14/h4-11,13H,12H2,1-3H3,(H,23,29)(H,24,28)/t13-/m0/s1. The average Bonchev–Trinajstić information content (AvgIpc) is 3.12. The molecule has 3 aromatic rings. The summed E-state index contributed by atoms with van der Waals surface area (Å²) in [5, 5.41) is 14.7. The van der Waals surface area contributed by atoms with Crippen molar-refractivity contribution in [1.82, 2.24) is 20.1 Å². The Morgan fingerprint density at radius 3 is 2.45 bits per heavy atom. The summed E-state index contributed by atoms with van der Waals surface area (Å²) in [4.78, 5) is 24.7. The van der Waals surface area contributed by atoms with Crippen LogP contribution in [0.4, 0.5) is 5.69 Å². The van der Waals surface area contributed by atoms with Crippen LogP contribution in [-0.4, -0.2) is 38.9 Å². The van der Waals surface area contributed by atoms with Crippen LogP contribution in [0.2, 0.25) is 5.02 Å². The van der Waals surface area contributed by atoms with E-state index in [9.17, 15) is 9.59 Å². The first-order chi connectivity index (χ1) is 14.9. The van der Waals surface area contributed by atoms with Crippen molar-refractivity contribution < 1.29 is 14.3 Å². The molecule has 162 valence electrons. The van der Waals surface area contributed by atoms with Crippen LogP contribution < -0.4 is 15.4 Å². The third-order valence-electron chi connectivity index (χ3n) is 4.45. The van der Waals surface area contributed by atoms with E-state index in [0.717, 1.165) is 5.75 Å². The largest absolute Gasteiger partial charge is 0.497 e. The number of amides is 2. The Balaban J connectivity index is 1.55. The number of halogens is 1. The zero-order valence-corrected chi connectivity index (χ0v) is 18.8. The fourth-order valence-corrected chi connectivity index (χ4v) is 3.55. The highest BCUT2D eigenvalue weighted by atomic mass is 35.5. The molecule has 0 aliphatic carbocycles. The average molecular weight is 460 g/mol. The van der Waals surface area contributed by atoms with Crippen LogP contribution in [0.5, 0.6) is 5.75 Å². The molecule has 0 aliphatic heterocycles. The number of anilines is 1. The Bertz CT molecular complexity index is 1050. The van der Waals surface area contributed by atoms with Crippen molar-refractivity contribution in [2.75, 3.05) is 12.4 Å². The van der Waals surface area contributed by atoms with E-state index in [2.05, 4.69) is 20.8 Å². The van der Waals surface area contributed by atoms with Crippen molar-refractivity contribution in [3.8, 4) is 5.75 Å². The SMILES string of the molecule is COc1ccc(NC(=O)[C@H](C)Sc2nnc(CNC(=O)c3ccc(Cl)cc3)n2C)cc1. The van der Waals surface area contributed by atoms with Gasteiger partial charge in [-0.15, -0.1) is 10.2 Å². The van der Waals surface area contributed by atoms with Crippen molar-refractivity contribution in [3.63, 3.8) is 0 Å². The number of nitrogens with one attached hydrogen (secondary N) is 2. The summed E-state index contributed by atoms with van der Waals surface area (Å²) >= 11 is 7.13. The molecule has 1 atom stereocenters. The Kier molecular flexibility index (Phi) is 7.54. The highest BCUT2D eigenvalue weighted by molar-refractivity contribution is 8.00. The number of rotatable bonds is 8. The third-order valence-corrected chi connectivity index (χ3v) is 5.83. The number of methoxy groups -OCH3 is 1. The number of nitrogens with zero attached hydrogens (tertiary/aromatic N) is 3. The van der Waals surface area contributed by atoms with Gasteiger partial charge in [-0.2, -0.15) is 0 Å². The first-order valence-corrected chi connectivity index (χ1v) is 10.7. The minimum atomic E-state index is -0.401. The Hall–Kier alpha value is -3.04. The van der Waals surface area contributed by atoms with Gasteiger partial charge in [-0.25, -0.2) is 0 Å². The maximum atomic E-state index is 12.5. The van der Waals surface area contributed by atoms with E-state index in [4.69, 9.17) is 16.3 Å². The monoisotopic (exact) mass is 459 g/mol. The minimum Gasteiger partial charge on any atom is -0.497 e. The number of thioether (sulfide) groups is 1. The van der Waals surface area contributed by atoms with Crippen molar-refractivity contribution >= 4 is 40.9 Å². The van der Waals surface area contributed by atoms with Crippen LogP contribution in [0.1, 0.15) is 23.1 Å². The van der Waals surface area contributed by atoms with Gasteiger partial charge in [0.15, 0.2) is 11.0 Å². The van der Waals surface area contributed by atoms with Gasteiger partial charge < -0.3 is 19.9 Å². The van der Waals surface area contributed by atoms with E-state index < -0.39 is 5.25 Å². The number of hydrogen-bond acceptors (Lipinski definition) is 6. The van der Waals surface area contributed by atoms with E-state index in [-0.39, 0.29) is 18.4 Å².